The van der Waals surface area contributed by atoms with Gasteiger partial charge in [-0.05, 0) is 30.3 Å². The van der Waals surface area contributed by atoms with E-state index in [0.29, 0.717) is 0 Å². The van der Waals surface area contributed by atoms with Crippen LogP contribution in [0.2, 0.25) is 18.1 Å². The van der Waals surface area contributed by atoms with Gasteiger partial charge >= 0.3 is 0 Å². The van der Waals surface area contributed by atoms with E-state index >= 15 is 0 Å². The summed E-state index contributed by atoms with van der Waals surface area (Å²) in [5, 5.41) is 9.63. The second-order valence-electron chi connectivity index (χ2n) is 5.55. The van der Waals surface area contributed by atoms with Crippen molar-refractivity contribution in [3.05, 3.63) is 12.2 Å². The number of carbonyl (C=O) groups excluding carboxylic acids is 1. The molecule has 4 heteroatoms. The Hall–Kier alpha value is -0.453. The van der Waals surface area contributed by atoms with E-state index in [1.165, 1.54) is 12.2 Å². The largest absolute Gasteiger partial charge is 0.404 e. The van der Waals surface area contributed by atoms with Crippen LogP contribution in [0.25, 0.3) is 0 Å². The van der Waals surface area contributed by atoms with Crippen molar-refractivity contribution in [3.8, 4) is 0 Å². The Morgan fingerprint density at radius 2 is 1.93 bits per heavy atom. The van der Waals surface area contributed by atoms with E-state index in [0.717, 1.165) is 0 Å². The van der Waals surface area contributed by atoms with E-state index in [1.54, 1.807) is 0 Å². The third kappa shape index (κ3) is 2.56. The SMILES string of the molecule is CC(C)(C)[Si](C)(C)O[C@H]1C(=O)C=C[C@@H]1O. The monoisotopic (exact) mass is 228 g/mol. The van der Waals surface area contributed by atoms with Crippen LogP contribution in [0.4, 0.5) is 0 Å². The minimum atomic E-state index is -1.97. The third-order valence-corrected chi connectivity index (χ3v) is 7.73. The molecule has 1 aliphatic rings. The van der Waals surface area contributed by atoms with Crippen molar-refractivity contribution in [2.45, 2.75) is 51.1 Å². The van der Waals surface area contributed by atoms with Gasteiger partial charge in [-0.15, -0.1) is 0 Å². The molecule has 0 heterocycles. The van der Waals surface area contributed by atoms with Crippen LogP contribution < -0.4 is 0 Å². The van der Waals surface area contributed by atoms with Gasteiger partial charge in [-0.2, -0.15) is 0 Å². The fourth-order valence-corrected chi connectivity index (χ4v) is 2.42. The Morgan fingerprint density at radius 1 is 1.40 bits per heavy atom. The zero-order valence-corrected chi connectivity index (χ0v) is 11.1. The topological polar surface area (TPSA) is 46.5 Å². The van der Waals surface area contributed by atoms with E-state index in [4.69, 9.17) is 4.43 Å². The lowest BCUT2D eigenvalue weighted by molar-refractivity contribution is -0.123. The van der Waals surface area contributed by atoms with Crippen LogP contribution in [-0.2, 0) is 9.22 Å². The molecule has 0 aliphatic heterocycles. The van der Waals surface area contributed by atoms with Crippen molar-refractivity contribution < 1.29 is 14.3 Å². The predicted octanol–water partition coefficient (Wildman–Crippen LogP) is 1.88. The molecule has 3 nitrogen and oxygen atoms in total. The van der Waals surface area contributed by atoms with Crippen LogP contribution >= 0.6 is 0 Å². The molecule has 0 aromatic heterocycles. The molecular weight excluding hydrogens is 208 g/mol. The Morgan fingerprint density at radius 3 is 2.27 bits per heavy atom. The van der Waals surface area contributed by atoms with E-state index < -0.39 is 20.5 Å². The first-order valence-electron chi connectivity index (χ1n) is 5.23. The highest BCUT2D eigenvalue weighted by atomic mass is 28.4. The van der Waals surface area contributed by atoms with Crippen LogP contribution in [0.1, 0.15) is 20.8 Å². The number of ketones is 1. The van der Waals surface area contributed by atoms with Gasteiger partial charge < -0.3 is 9.53 Å². The molecule has 86 valence electrons. The molecule has 15 heavy (non-hydrogen) atoms. The number of hydrogen-bond acceptors (Lipinski definition) is 3. The summed E-state index contributed by atoms with van der Waals surface area (Å²) < 4.78 is 5.86. The van der Waals surface area contributed by atoms with Crippen LogP contribution in [0.3, 0.4) is 0 Å². The molecule has 0 saturated heterocycles. The highest BCUT2D eigenvalue weighted by Crippen LogP contribution is 2.38. The van der Waals surface area contributed by atoms with Crippen LogP contribution in [0, 0.1) is 0 Å². The van der Waals surface area contributed by atoms with E-state index in [1.807, 2.05) is 0 Å². The number of carbonyl (C=O) groups is 1. The molecule has 0 fully saturated rings. The number of aliphatic hydroxyl groups is 1. The van der Waals surface area contributed by atoms with Crippen LogP contribution in [0.5, 0.6) is 0 Å². The average Bonchev–Trinajstić information content (AvgIpc) is 2.33. The Bertz CT molecular complexity index is 289. The van der Waals surface area contributed by atoms with Gasteiger partial charge in [0.2, 0.25) is 0 Å². The van der Waals surface area contributed by atoms with Gasteiger partial charge in [0.25, 0.3) is 0 Å². The van der Waals surface area contributed by atoms with E-state index in [9.17, 15) is 9.90 Å². The molecule has 2 atom stereocenters. The number of aliphatic hydroxyl groups excluding tert-OH is 1. The zero-order valence-electron chi connectivity index (χ0n) is 10.1. The Labute approximate surface area is 92.3 Å². The molecule has 0 saturated carbocycles. The van der Waals surface area contributed by atoms with Gasteiger partial charge in [-0.1, -0.05) is 20.8 Å². The fraction of sp³-hybridized carbons (Fsp3) is 0.727. The van der Waals surface area contributed by atoms with Gasteiger partial charge in [0.05, 0.1) is 0 Å². The third-order valence-electron chi connectivity index (χ3n) is 3.28. The Balaban J connectivity index is 2.74. The fourth-order valence-electron chi connectivity index (χ4n) is 1.18. The number of hydrogen-bond donors (Lipinski definition) is 1. The summed E-state index contributed by atoms with van der Waals surface area (Å²) in [5.41, 5.74) is 0. The standard InChI is InChI=1S/C11H20O3Si/c1-11(2,3)15(4,5)14-10-8(12)6-7-9(10)13/h6-8,10,12H,1-5H3/t8-,10+/m0/s1. The van der Waals surface area contributed by atoms with Crippen molar-refractivity contribution in [3.63, 3.8) is 0 Å². The lowest BCUT2D eigenvalue weighted by atomic mass is 10.2. The van der Waals surface area contributed by atoms with Crippen LogP contribution in [0.15, 0.2) is 12.2 Å². The molecule has 0 spiro atoms. The first kappa shape index (κ1) is 12.6. The molecular formula is C11H20O3Si. The first-order valence-corrected chi connectivity index (χ1v) is 8.14. The van der Waals surface area contributed by atoms with Gasteiger partial charge in [0.15, 0.2) is 14.1 Å². The average molecular weight is 228 g/mol. The lowest BCUT2D eigenvalue weighted by Gasteiger charge is -2.38. The minimum absolute atomic E-state index is 0.0512. The molecule has 1 aliphatic carbocycles. The van der Waals surface area contributed by atoms with Crippen molar-refractivity contribution in [1.82, 2.24) is 0 Å². The summed E-state index contributed by atoms with van der Waals surface area (Å²) >= 11 is 0. The molecule has 0 bridgehead atoms. The molecule has 1 rings (SSSR count). The molecule has 0 unspecified atom stereocenters. The van der Waals surface area contributed by atoms with Crippen molar-refractivity contribution in [1.29, 1.82) is 0 Å². The highest BCUT2D eigenvalue weighted by Gasteiger charge is 2.43. The second kappa shape index (κ2) is 3.85. The summed E-state index contributed by atoms with van der Waals surface area (Å²) in [6.45, 7) is 10.5. The van der Waals surface area contributed by atoms with Crippen molar-refractivity contribution in [2.75, 3.05) is 0 Å². The van der Waals surface area contributed by atoms with Crippen molar-refractivity contribution >= 4 is 14.1 Å². The summed E-state index contributed by atoms with van der Waals surface area (Å²) in [6.07, 6.45) is 1.46. The zero-order chi connectivity index (χ0) is 11.9. The van der Waals surface area contributed by atoms with E-state index in [2.05, 4.69) is 33.9 Å². The quantitative estimate of drug-likeness (QED) is 0.734. The molecule has 0 aromatic carbocycles. The van der Waals surface area contributed by atoms with Gasteiger partial charge in [0, 0.05) is 0 Å². The molecule has 0 radical (unpaired) electrons. The van der Waals surface area contributed by atoms with Crippen molar-refractivity contribution in [2.24, 2.45) is 0 Å². The number of rotatable bonds is 2. The van der Waals surface area contributed by atoms with Gasteiger partial charge in [-0.25, -0.2) is 0 Å². The smallest absolute Gasteiger partial charge is 0.193 e. The maximum atomic E-state index is 11.4. The maximum absolute atomic E-state index is 11.4. The maximum Gasteiger partial charge on any atom is 0.193 e. The van der Waals surface area contributed by atoms with Gasteiger partial charge in [-0.3, -0.25) is 4.79 Å². The van der Waals surface area contributed by atoms with Crippen LogP contribution in [-0.4, -0.2) is 31.4 Å². The first-order chi connectivity index (χ1) is 6.65. The van der Waals surface area contributed by atoms with E-state index in [-0.39, 0.29) is 10.8 Å². The normalized spacial score (nSPS) is 27.5. The highest BCUT2D eigenvalue weighted by molar-refractivity contribution is 6.74. The Kier molecular flexibility index (Phi) is 3.23. The molecule has 1 N–H and O–H groups in total. The van der Waals surface area contributed by atoms with Gasteiger partial charge in [0.1, 0.15) is 12.2 Å². The summed E-state index contributed by atoms with van der Waals surface area (Å²) in [6, 6.07) is 0. The summed E-state index contributed by atoms with van der Waals surface area (Å²) in [7, 11) is -1.97. The predicted molar refractivity (Wildman–Crippen MR) is 62.2 cm³/mol. The molecule has 0 aromatic rings. The minimum Gasteiger partial charge on any atom is -0.404 e. The second-order valence-corrected chi connectivity index (χ2v) is 10.3. The molecule has 0 amide bonds. The summed E-state index contributed by atoms with van der Waals surface area (Å²) in [5.74, 6) is -0.118. The lowest BCUT2D eigenvalue weighted by Crippen LogP contribution is -2.47. The summed E-state index contributed by atoms with van der Waals surface area (Å²) in [4.78, 5) is 11.4.